The van der Waals surface area contributed by atoms with Gasteiger partial charge in [-0.3, -0.25) is 4.79 Å². The van der Waals surface area contributed by atoms with Gasteiger partial charge in [0.1, 0.15) is 5.41 Å². The van der Waals surface area contributed by atoms with Gasteiger partial charge in [-0.2, -0.15) is 0 Å². The predicted octanol–water partition coefficient (Wildman–Crippen LogP) is 1.44. The van der Waals surface area contributed by atoms with Crippen molar-refractivity contribution in [3.05, 3.63) is 0 Å². The normalized spacial score (nSPS) is 24.4. The molecule has 2 rings (SSSR count). The average Bonchev–Trinajstić information content (AvgIpc) is 2.33. The van der Waals surface area contributed by atoms with E-state index >= 15 is 0 Å². The Labute approximate surface area is 103 Å². The second-order valence-corrected chi connectivity index (χ2v) is 5.47. The Bertz CT molecular complexity index is 270. The highest BCUT2D eigenvalue weighted by Crippen LogP contribution is 2.32. The van der Waals surface area contributed by atoms with E-state index in [1.54, 1.807) is 0 Å². The van der Waals surface area contributed by atoms with Crippen molar-refractivity contribution in [2.75, 3.05) is 33.9 Å². The van der Waals surface area contributed by atoms with Crippen LogP contribution in [0, 0.1) is 5.41 Å². The maximum atomic E-state index is 11.8. The third kappa shape index (κ3) is 2.63. The molecule has 0 spiro atoms. The Morgan fingerprint density at radius 2 is 2.00 bits per heavy atom. The largest absolute Gasteiger partial charge is 0.468 e. The Morgan fingerprint density at radius 3 is 2.47 bits per heavy atom. The summed E-state index contributed by atoms with van der Waals surface area (Å²) in [5.74, 6) is -0.119. The van der Waals surface area contributed by atoms with Gasteiger partial charge < -0.3 is 14.4 Å². The molecule has 0 aromatic rings. The number of ether oxygens (including phenoxy) is 2. The van der Waals surface area contributed by atoms with Gasteiger partial charge >= 0.3 is 5.97 Å². The zero-order chi connectivity index (χ0) is 12.3. The van der Waals surface area contributed by atoms with Crippen LogP contribution in [0.5, 0.6) is 0 Å². The molecule has 0 aromatic carbocycles. The van der Waals surface area contributed by atoms with Gasteiger partial charge in [0.15, 0.2) is 0 Å². The first-order valence-corrected chi connectivity index (χ1v) is 6.54. The summed E-state index contributed by atoms with van der Waals surface area (Å²) in [5.41, 5.74) is -0.402. The molecule has 2 fully saturated rings. The van der Waals surface area contributed by atoms with Gasteiger partial charge in [0.25, 0.3) is 0 Å². The summed E-state index contributed by atoms with van der Waals surface area (Å²) < 4.78 is 10.1. The lowest BCUT2D eigenvalue weighted by atomic mass is 9.84. The fourth-order valence-corrected chi connectivity index (χ4v) is 2.97. The van der Waals surface area contributed by atoms with Crippen molar-refractivity contribution in [1.29, 1.82) is 0 Å². The van der Waals surface area contributed by atoms with Gasteiger partial charge in [0, 0.05) is 12.6 Å². The fraction of sp³-hybridized carbons (Fsp3) is 0.923. The standard InChI is InChI=1S/C13H23NO3/c1-14(11-6-4-3-5-7-11)8-13(9-17-10-13)12(15)16-2/h11H,3-10H2,1-2H3. The Balaban J connectivity index is 1.91. The lowest BCUT2D eigenvalue weighted by Crippen LogP contribution is -2.57. The van der Waals surface area contributed by atoms with E-state index in [2.05, 4.69) is 11.9 Å². The van der Waals surface area contributed by atoms with E-state index in [4.69, 9.17) is 9.47 Å². The minimum atomic E-state index is -0.402. The molecule has 4 heteroatoms. The molecule has 1 saturated carbocycles. The molecule has 17 heavy (non-hydrogen) atoms. The SMILES string of the molecule is COC(=O)C1(CN(C)C2CCCCC2)COC1. The minimum Gasteiger partial charge on any atom is -0.468 e. The van der Waals surface area contributed by atoms with Crippen molar-refractivity contribution in [2.24, 2.45) is 5.41 Å². The van der Waals surface area contributed by atoms with Crippen molar-refractivity contribution in [2.45, 2.75) is 38.1 Å². The summed E-state index contributed by atoms with van der Waals surface area (Å²) >= 11 is 0. The predicted molar refractivity (Wildman–Crippen MR) is 64.8 cm³/mol. The summed E-state index contributed by atoms with van der Waals surface area (Å²) in [7, 11) is 3.59. The molecule has 0 atom stereocenters. The molecular formula is C13H23NO3. The number of nitrogens with zero attached hydrogens (tertiary/aromatic N) is 1. The molecular weight excluding hydrogens is 218 g/mol. The first kappa shape index (κ1) is 12.8. The fourth-order valence-electron chi connectivity index (χ4n) is 2.97. The second kappa shape index (κ2) is 5.36. The third-order valence-electron chi connectivity index (χ3n) is 4.13. The summed E-state index contributed by atoms with van der Waals surface area (Å²) in [5, 5.41) is 0. The lowest BCUT2D eigenvalue weighted by Gasteiger charge is -2.43. The highest BCUT2D eigenvalue weighted by atomic mass is 16.5. The highest BCUT2D eigenvalue weighted by Gasteiger charge is 2.48. The van der Waals surface area contributed by atoms with Crippen molar-refractivity contribution in [1.82, 2.24) is 4.90 Å². The number of hydrogen-bond donors (Lipinski definition) is 0. The molecule has 2 aliphatic rings. The van der Waals surface area contributed by atoms with E-state index in [0.717, 1.165) is 6.54 Å². The van der Waals surface area contributed by atoms with Crippen LogP contribution in [0.4, 0.5) is 0 Å². The van der Waals surface area contributed by atoms with E-state index in [0.29, 0.717) is 19.3 Å². The van der Waals surface area contributed by atoms with Crippen molar-refractivity contribution in [3.8, 4) is 0 Å². The summed E-state index contributed by atoms with van der Waals surface area (Å²) in [6, 6.07) is 0.630. The van der Waals surface area contributed by atoms with Gasteiger partial charge in [-0.15, -0.1) is 0 Å². The van der Waals surface area contributed by atoms with Crippen molar-refractivity contribution < 1.29 is 14.3 Å². The quantitative estimate of drug-likeness (QED) is 0.698. The third-order valence-corrected chi connectivity index (χ3v) is 4.13. The van der Waals surface area contributed by atoms with E-state index in [-0.39, 0.29) is 5.97 Å². The topological polar surface area (TPSA) is 38.8 Å². The van der Waals surface area contributed by atoms with E-state index < -0.39 is 5.41 Å². The number of esters is 1. The first-order valence-electron chi connectivity index (χ1n) is 6.54. The van der Waals surface area contributed by atoms with Crippen LogP contribution >= 0.6 is 0 Å². The highest BCUT2D eigenvalue weighted by molar-refractivity contribution is 5.78. The molecule has 0 unspecified atom stereocenters. The molecule has 0 radical (unpaired) electrons. The van der Waals surface area contributed by atoms with Crippen LogP contribution in [-0.2, 0) is 14.3 Å². The van der Waals surface area contributed by atoms with Crippen molar-refractivity contribution >= 4 is 5.97 Å². The first-order chi connectivity index (χ1) is 8.18. The molecule has 1 heterocycles. The molecule has 4 nitrogen and oxygen atoms in total. The molecule has 1 aliphatic heterocycles. The Hall–Kier alpha value is -0.610. The van der Waals surface area contributed by atoms with E-state index in [1.807, 2.05) is 0 Å². The van der Waals surface area contributed by atoms with Gasteiger partial charge in [0.2, 0.25) is 0 Å². The molecule has 0 N–H and O–H groups in total. The zero-order valence-corrected chi connectivity index (χ0v) is 10.9. The Kier molecular flexibility index (Phi) is 4.05. The maximum absolute atomic E-state index is 11.8. The zero-order valence-electron chi connectivity index (χ0n) is 10.9. The molecule has 98 valence electrons. The second-order valence-electron chi connectivity index (χ2n) is 5.47. The number of rotatable bonds is 4. The van der Waals surface area contributed by atoms with Crippen molar-refractivity contribution in [3.63, 3.8) is 0 Å². The van der Waals surface area contributed by atoms with Gasteiger partial charge in [-0.05, 0) is 19.9 Å². The number of methoxy groups -OCH3 is 1. The van der Waals surface area contributed by atoms with Crippen LogP contribution in [-0.4, -0.2) is 50.8 Å². The Morgan fingerprint density at radius 1 is 1.35 bits per heavy atom. The van der Waals surface area contributed by atoms with Crippen LogP contribution in [0.15, 0.2) is 0 Å². The summed E-state index contributed by atoms with van der Waals surface area (Å²) in [6.07, 6.45) is 6.51. The van der Waals surface area contributed by atoms with E-state index in [1.165, 1.54) is 39.2 Å². The molecule has 0 aromatic heterocycles. The van der Waals surface area contributed by atoms with Crippen LogP contribution < -0.4 is 0 Å². The van der Waals surface area contributed by atoms with Crippen LogP contribution in [0.1, 0.15) is 32.1 Å². The van der Waals surface area contributed by atoms with E-state index in [9.17, 15) is 4.79 Å². The van der Waals surface area contributed by atoms with Crippen LogP contribution in [0.2, 0.25) is 0 Å². The molecule has 0 bridgehead atoms. The molecule has 0 amide bonds. The lowest BCUT2D eigenvalue weighted by molar-refractivity contribution is -0.187. The molecule has 1 saturated heterocycles. The van der Waals surface area contributed by atoms with Gasteiger partial charge in [0.05, 0.1) is 20.3 Å². The number of hydrogen-bond acceptors (Lipinski definition) is 4. The minimum absolute atomic E-state index is 0.119. The van der Waals surface area contributed by atoms with Crippen LogP contribution in [0.25, 0.3) is 0 Å². The van der Waals surface area contributed by atoms with Crippen LogP contribution in [0.3, 0.4) is 0 Å². The monoisotopic (exact) mass is 241 g/mol. The summed E-state index contributed by atoms with van der Waals surface area (Å²) in [4.78, 5) is 14.1. The number of carbonyl (C=O) groups is 1. The van der Waals surface area contributed by atoms with Gasteiger partial charge in [-0.25, -0.2) is 0 Å². The average molecular weight is 241 g/mol. The smallest absolute Gasteiger partial charge is 0.317 e. The van der Waals surface area contributed by atoms with Gasteiger partial charge in [-0.1, -0.05) is 19.3 Å². The molecule has 1 aliphatic carbocycles. The summed E-state index contributed by atoms with van der Waals surface area (Å²) in [6.45, 7) is 1.79. The number of carbonyl (C=O) groups excluding carboxylic acids is 1. The maximum Gasteiger partial charge on any atom is 0.317 e.